The first-order valence-electron chi connectivity index (χ1n) is 12.9. The second kappa shape index (κ2) is 9.53. The van der Waals surface area contributed by atoms with Gasteiger partial charge < -0.3 is 15.0 Å². The normalized spacial score (nSPS) is 20.2. The third-order valence-corrected chi connectivity index (χ3v) is 8.74. The van der Waals surface area contributed by atoms with Crippen LogP contribution in [0.15, 0.2) is 60.9 Å². The van der Waals surface area contributed by atoms with Crippen LogP contribution in [0.3, 0.4) is 0 Å². The molecule has 0 unspecified atom stereocenters. The largest absolute Gasteiger partial charge is 0.492 e. The molecule has 2 aromatic heterocycles. The zero-order valence-electron chi connectivity index (χ0n) is 21.7. The highest BCUT2D eigenvalue weighted by molar-refractivity contribution is 6.16. The summed E-state index contributed by atoms with van der Waals surface area (Å²) in [6.07, 6.45) is 5.46. The third kappa shape index (κ3) is 4.72. The number of nitrogens with one attached hydrogen (secondary N) is 1. The summed E-state index contributed by atoms with van der Waals surface area (Å²) < 4.78 is 33.0. The first-order chi connectivity index (χ1) is 18.7. The summed E-state index contributed by atoms with van der Waals surface area (Å²) in [6, 6.07) is 14.7. The number of halogens is 2. The van der Waals surface area contributed by atoms with Crippen molar-refractivity contribution in [3.8, 4) is 17.0 Å². The molecule has 3 heterocycles. The molecule has 1 amide bonds. The Balaban J connectivity index is 1.29. The maximum Gasteiger partial charge on any atom is 0.333 e. The van der Waals surface area contributed by atoms with Crippen molar-refractivity contribution in [1.29, 1.82) is 0 Å². The fraction of sp³-hybridized carbons (Fsp3) is 0.345. The van der Waals surface area contributed by atoms with Crippen LogP contribution in [0.1, 0.15) is 47.3 Å². The average molecular weight is 545 g/mol. The Bertz CT molecular complexity index is 1570. The van der Waals surface area contributed by atoms with Gasteiger partial charge in [0.15, 0.2) is 0 Å². The number of aromatic nitrogens is 3. The van der Waals surface area contributed by atoms with E-state index in [1.54, 1.807) is 18.3 Å². The first-order valence-corrected chi connectivity index (χ1v) is 13.4. The van der Waals surface area contributed by atoms with Crippen molar-refractivity contribution in [3.63, 3.8) is 0 Å². The van der Waals surface area contributed by atoms with E-state index in [-0.39, 0.29) is 11.1 Å². The number of nitrogens with zero attached hydrogens (tertiary/aromatic N) is 4. The molecular formula is C29H28F2N5O2Si. The zero-order valence-corrected chi connectivity index (χ0v) is 22.7. The topological polar surface area (TPSA) is 72.3 Å². The average Bonchev–Trinajstić information content (AvgIpc) is 3.53. The lowest BCUT2D eigenvalue weighted by atomic mass is 9.95. The summed E-state index contributed by atoms with van der Waals surface area (Å²) >= 11 is 0. The highest BCUT2D eigenvalue weighted by Gasteiger charge is 2.47. The summed E-state index contributed by atoms with van der Waals surface area (Å²) in [4.78, 5) is 20.3. The second-order valence-corrected chi connectivity index (χ2v) is 11.5. The molecule has 1 saturated heterocycles. The van der Waals surface area contributed by atoms with Crippen molar-refractivity contribution in [2.24, 2.45) is 0 Å². The van der Waals surface area contributed by atoms with Gasteiger partial charge in [0.2, 0.25) is 0 Å². The molecule has 7 nitrogen and oxygen atoms in total. The van der Waals surface area contributed by atoms with Gasteiger partial charge in [-0.3, -0.25) is 9.78 Å². The minimum absolute atomic E-state index is 0.184. The van der Waals surface area contributed by atoms with Crippen molar-refractivity contribution in [1.82, 2.24) is 25.0 Å². The molecule has 1 N–H and O–H groups in total. The van der Waals surface area contributed by atoms with Gasteiger partial charge in [-0.05, 0) is 87.3 Å². The van der Waals surface area contributed by atoms with E-state index in [0.717, 1.165) is 42.3 Å². The number of amides is 1. The number of ether oxygens (including phenoxy) is 1. The van der Waals surface area contributed by atoms with Crippen molar-refractivity contribution in [2.45, 2.75) is 43.4 Å². The second-order valence-electron chi connectivity index (χ2n) is 10.6. The van der Waals surface area contributed by atoms with Gasteiger partial charge in [0, 0.05) is 34.1 Å². The molecule has 4 aromatic rings. The van der Waals surface area contributed by atoms with Gasteiger partial charge in [0.1, 0.15) is 12.4 Å². The minimum atomic E-state index is -2.72. The van der Waals surface area contributed by atoms with E-state index in [1.165, 1.54) is 6.20 Å². The Morgan fingerprint density at radius 3 is 2.67 bits per heavy atom. The first kappa shape index (κ1) is 25.6. The molecule has 199 valence electrons. The van der Waals surface area contributed by atoms with Gasteiger partial charge >= 0.3 is 6.55 Å². The molecule has 2 aromatic carbocycles. The lowest BCUT2D eigenvalue weighted by Crippen LogP contribution is -2.61. The number of rotatable bonds is 8. The maximum atomic E-state index is 13.6. The van der Waals surface area contributed by atoms with Crippen LogP contribution >= 0.6 is 0 Å². The standard InChI is InChI=1S/C29H28F2N5O2Si/c1-18-5-6-20(38-17-29(39)10-13-35(29)2)16-22(18)26(37)33-28(8-9-28)23-14-19(15-25-21(23)4-3-11-32-25)24-7-12-36(34-24)27(30)31/h3-7,11-12,14-16,27H,8-10,13,17H2,1-2H3,(H,33,37)/t29-/m0/s1. The van der Waals surface area contributed by atoms with Crippen LogP contribution in [0, 0.1) is 6.92 Å². The van der Waals surface area contributed by atoms with Gasteiger partial charge in [-0.25, -0.2) is 4.68 Å². The van der Waals surface area contributed by atoms with Crippen LogP contribution < -0.4 is 10.1 Å². The monoisotopic (exact) mass is 544 g/mol. The zero-order chi connectivity index (χ0) is 27.4. The molecule has 0 bridgehead atoms. The van der Waals surface area contributed by atoms with E-state index in [2.05, 4.69) is 30.5 Å². The highest BCUT2D eigenvalue weighted by atomic mass is 28.1. The van der Waals surface area contributed by atoms with Gasteiger partial charge in [0.25, 0.3) is 5.91 Å². The van der Waals surface area contributed by atoms with Crippen molar-refractivity contribution in [3.05, 3.63) is 77.6 Å². The smallest absolute Gasteiger partial charge is 0.333 e. The minimum Gasteiger partial charge on any atom is -0.492 e. The number of hydrogen-bond acceptors (Lipinski definition) is 5. The summed E-state index contributed by atoms with van der Waals surface area (Å²) in [7, 11) is 5.85. The molecule has 0 spiro atoms. The fourth-order valence-corrected chi connectivity index (χ4v) is 5.42. The summed E-state index contributed by atoms with van der Waals surface area (Å²) in [5.41, 5.74) is 3.54. The Morgan fingerprint density at radius 2 is 2.00 bits per heavy atom. The van der Waals surface area contributed by atoms with E-state index < -0.39 is 12.1 Å². The van der Waals surface area contributed by atoms with Crippen LogP contribution in [-0.2, 0) is 5.54 Å². The number of likely N-dealkylation sites (N-methyl/N-ethyl adjacent to an activating group) is 1. The Morgan fingerprint density at radius 1 is 1.18 bits per heavy atom. The Labute approximate surface area is 228 Å². The van der Waals surface area contributed by atoms with Crippen molar-refractivity contribution in [2.75, 3.05) is 20.2 Å². The number of pyridine rings is 1. The van der Waals surface area contributed by atoms with E-state index in [9.17, 15) is 13.6 Å². The van der Waals surface area contributed by atoms with Crippen LogP contribution in [0.25, 0.3) is 22.2 Å². The number of carbonyl (C=O) groups is 1. The van der Waals surface area contributed by atoms with Gasteiger partial charge in [-0.1, -0.05) is 12.1 Å². The molecule has 39 heavy (non-hydrogen) atoms. The Kier molecular flexibility index (Phi) is 6.26. The molecule has 1 aliphatic heterocycles. The molecule has 1 saturated carbocycles. The third-order valence-electron chi connectivity index (χ3n) is 7.97. The molecule has 2 aliphatic rings. The van der Waals surface area contributed by atoms with Crippen LogP contribution in [0.5, 0.6) is 5.75 Å². The predicted octanol–water partition coefficient (Wildman–Crippen LogP) is 4.80. The molecule has 1 aliphatic carbocycles. The number of fused-ring (bicyclic) bond motifs is 1. The molecule has 3 radical (unpaired) electrons. The number of likely N-dealkylation sites (tertiary alicyclic amines) is 1. The number of aryl methyl sites for hydroxylation is 1. The van der Waals surface area contributed by atoms with Gasteiger partial charge in [-0.15, -0.1) is 0 Å². The van der Waals surface area contributed by atoms with Gasteiger partial charge in [0.05, 0.1) is 27.0 Å². The van der Waals surface area contributed by atoms with Crippen LogP contribution in [0.4, 0.5) is 8.78 Å². The predicted molar refractivity (Wildman–Crippen MR) is 145 cm³/mol. The summed E-state index contributed by atoms with van der Waals surface area (Å²) in [6.45, 7) is 0.670. The number of carbonyl (C=O) groups excluding carboxylic acids is 1. The fourth-order valence-electron chi connectivity index (χ4n) is 5.12. The molecule has 1 atom stereocenters. The van der Waals surface area contributed by atoms with Crippen LogP contribution in [-0.4, -0.2) is 61.2 Å². The van der Waals surface area contributed by atoms with Crippen molar-refractivity contribution >= 4 is 27.1 Å². The quantitative estimate of drug-likeness (QED) is 0.323. The number of hydrogen-bond donors (Lipinski definition) is 1. The summed E-state index contributed by atoms with van der Waals surface area (Å²) in [5, 5.41) is 8.05. The van der Waals surface area contributed by atoms with E-state index >= 15 is 0 Å². The molecule has 6 rings (SSSR count). The lowest BCUT2D eigenvalue weighted by Gasteiger charge is -2.48. The van der Waals surface area contributed by atoms with E-state index in [4.69, 9.17) is 4.74 Å². The maximum absolute atomic E-state index is 13.6. The van der Waals surface area contributed by atoms with E-state index in [0.29, 0.717) is 39.4 Å². The van der Waals surface area contributed by atoms with Crippen LogP contribution in [0.2, 0.25) is 0 Å². The summed E-state index contributed by atoms with van der Waals surface area (Å²) in [5.74, 6) is 0.452. The highest BCUT2D eigenvalue weighted by Crippen LogP contribution is 2.49. The molecular weight excluding hydrogens is 516 g/mol. The van der Waals surface area contributed by atoms with Crippen molar-refractivity contribution < 1.29 is 18.3 Å². The van der Waals surface area contributed by atoms with Gasteiger partial charge in [-0.2, -0.15) is 13.9 Å². The molecule has 2 fully saturated rings. The molecule has 10 heteroatoms. The number of benzene rings is 2. The Hall–Kier alpha value is -3.63. The lowest BCUT2D eigenvalue weighted by molar-refractivity contribution is 0.0408. The number of alkyl halides is 2. The van der Waals surface area contributed by atoms with E-state index in [1.807, 2.05) is 50.4 Å². The SMILES string of the molecule is Cc1ccc(OC[C@@]2([Si])CCN2C)cc1C(=O)NC1(c2cc(-c3ccn(C(F)F)n3)cc3ncccc23)CC1.